The molecular weight excluding hydrogens is 626 g/mol. The van der Waals surface area contributed by atoms with Crippen LogP contribution >= 0.6 is 23.2 Å². The first kappa shape index (κ1) is 31.4. The number of anilines is 1. The van der Waals surface area contributed by atoms with Gasteiger partial charge in [-0.2, -0.15) is 0 Å². The van der Waals surface area contributed by atoms with E-state index in [0.29, 0.717) is 22.8 Å². The number of rotatable bonds is 9. The van der Waals surface area contributed by atoms with Gasteiger partial charge < -0.3 is 20.5 Å². The number of hydrogen-bond acceptors (Lipinski definition) is 8. The highest BCUT2D eigenvalue weighted by molar-refractivity contribution is 6.31. The molecule has 1 amide bonds. The number of carbonyl (C=O) groups is 2. The highest BCUT2D eigenvalue weighted by Gasteiger charge is 2.68. The molecule has 1 unspecified atom stereocenters. The lowest BCUT2D eigenvalue weighted by molar-refractivity contribution is -0.385. The van der Waals surface area contributed by atoms with E-state index in [2.05, 4.69) is 10.6 Å². The molecule has 6 rings (SSSR count). The summed E-state index contributed by atoms with van der Waals surface area (Å²) in [6, 6.07) is 12.2. The summed E-state index contributed by atoms with van der Waals surface area (Å²) in [5.41, 5.74) is -0.288. The van der Waals surface area contributed by atoms with Crippen LogP contribution in [0.5, 0.6) is 0 Å². The van der Waals surface area contributed by atoms with Gasteiger partial charge in [-0.3, -0.25) is 19.8 Å². The van der Waals surface area contributed by atoms with Crippen molar-refractivity contribution in [3.63, 3.8) is 0 Å². The van der Waals surface area contributed by atoms with Crippen molar-refractivity contribution >= 4 is 46.5 Å². The Labute approximate surface area is 268 Å². The van der Waals surface area contributed by atoms with Crippen molar-refractivity contribution in [2.45, 2.75) is 56.0 Å². The number of hydrogen-bond donors (Lipinski definition) is 3. The molecule has 236 valence electrons. The summed E-state index contributed by atoms with van der Waals surface area (Å²) in [6.45, 7) is 1.98. The van der Waals surface area contributed by atoms with Crippen molar-refractivity contribution in [1.82, 2.24) is 10.2 Å². The monoisotopic (exact) mass is 656 g/mol. The van der Waals surface area contributed by atoms with E-state index in [-0.39, 0.29) is 39.9 Å². The number of nitro benzene ring substituents is 1. The number of methoxy groups -OCH3 is 1. The molecule has 0 radical (unpaired) electrons. The zero-order valence-corrected chi connectivity index (χ0v) is 25.9. The molecule has 1 saturated carbocycles. The maximum Gasteiger partial charge on any atom is 0.338 e. The fraction of sp³-hybridized carbons (Fsp3) is 0.375. The van der Waals surface area contributed by atoms with Gasteiger partial charge in [-0.25, -0.2) is 9.18 Å². The Balaban J connectivity index is 1.54. The topological polar surface area (TPSA) is 134 Å². The minimum absolute atomic E-state index is 0.0157. The molecule has 3 aromatic carbocycles. The predicted octanol–water partition coefficient (Wildman–Crippen LogP) is 5.39. The van der Waals surface area contributed by atoms with Crippen LogP contribution in [0.25, 0.3) is 0 Å². The second kappa shape index (κ2) is 12.0. The van der Waals surface area contributed by atoms with Gasteiger partial charge in [-0.15, -0.1) is 0 Å². The number of nitro groups is 1. The van der Waals surface area contributed by atoms with E-state index in [4.69, 9.17) is 27.9 Å². The first-order valence-corrected chi connectivity index (χ1v) is 15.3. The van der Waals surface area contributed by atoms with Gasteiger partial charge in [0.15, 0.2) is 0 Å². The normalized spacial score (nSPS) is 24.8. The number of carbonyl (C=O) groups excluding carboxylic acids is 2. The van der Waals surface area contributed by atoms with Crippen molar-refractivity contribution in [3.05, 3.63) is 103 Å². The second-order valence-electron chi connectivity index (χ2n) is 11.9. The number of benzene rings is 3. The summed E-state index contributed by atoms with van der Waals surface area (Å²) >= 11 is 12.6. The van der Waals surface area contributed by atoms with Crippen LogP contribution in [0.4, 0.5) is 15.8 Å². The smallest absolute Gasteiger partial charge is 0.338 e. The lowest BCUT2D eigenvalue weighted by atomic mass is 9.73. The summed E-state index contributed by atoms with van der Waals surface area (Å²) in [5.74, 6) is -2.49. The maximum atomic E-state index is 16.1. The SMILES string of the molecule is COC(=O)c1ccc(CN[C@@H]2C([C@H](C)O)N(CC3CC3)[C@]3(C(=O)Nc4cc(Cl)ccc43)[C@@H]2c2cccc(Cl)c2F)c([N+](=O)[O-])c1. The number of esters is 1. The van der Waals surface area contributed by atoms with Gasteiger partial charge in [0.2, 0.25) is 5.91 Å². The molecule has 45 heavy (non-hydrogen) atoms. The maximum absolute atomic E-state index is 16.1. The van der Waals surface area contributed by atoms with Gasteiger partial charge in [-0.05, 0) is 55.5 Å². The number of aliphatic hydroxyl groups is 1. The fourth-order valence-electron chi connectivity index (χ4n) is 7.13. The van der Waals surface area contributed by atoms with Gasteiger partial charge in [-0.1, -0.05) is 47.5 Å². The molecule has 3 aromatic rings. The van der Waals surface area contributed by atoms with Crippen LogP contribution in [0.1, 0.15) is 52.7 Å². The molecule has 13 heteroatoms. The molecule has 10 nitrogen and oxygen atoms in total. The van der Waals surface area contributed by atoms with Crippen LogP contribution in [0.2, 0.25) is 10.0 Å². The van der Waals surface area contributed by atoms with E-state index in [1.54, 1.807) is 37.3 Å². The number of fused-ring (bicyclic) bond motifs is 2. The van der Waals surface area contributed by atoms with Crippen LogP contribution in [0.3, 0.4) is 0 Å². The lowest BCUT2D eigenvalue weighted by Gasteiger charge is -2.40. The number of halogens is 3. The summed E-state index contributed by atoms with van der Waals surface area (Å²) in [5, 5.41) is 30.1. The van der Waals surface area contributed by atoms with E-state index >= 15 is 4.39 Å². The minimum Gasteiger partial charge on any atom is -0.465 e. The summed E-state index contributed by atoms with van der Waals surface area (Å²) in [4.78, 5) is 40.0. The van der Waals surface area contributed by atoms with Gasteiger partial charge in [0.05, 0.1) is 34.8 Å². The van der Waals surface area contributed by atoms with Crippen LogP contribution in [-0.2, 0) is 21.6 Å². The minimum atomic E-state index is -1.48. The summed E-state index contributed by atoms with van der Waals surface area (Å²) < 4.78 is 20.8. The third-order valence-electron chi connectivity index (χ3n) is 9.17. The quantitative estimate of drug-likeness (QED) is 0.159. The first-order chi connectivity index (χ1) is 21.5. The largest absolute Gasteiger partial charge is 0.465 e. The van der Waals surface area contributed by atoms with Crippen LogP contribution in [0.15, 0.2) is 54.6 Å². The van der Waals surface area contributed by atoms with Crippen molar-refractivity contribution in [2.24, 2.45) is 5.92 Å². The highest BCUT2D eigenvalue weighted by atomic mass is 35.5. The van der Waals surface area contributed by atoms with Gasteiger partial charge in [0.1, 0.15) is 11.4 Å². The highest BCUT2D eigenvalue weighted by Crippen LogP contribution is 2.59. The fourth-order valence-corrected chi connectivity index (χ4v) is 7.48. The Morgan fingerprint density at radius 2 is 2.00 bits per heavy atom. The predicted molar refractivity (Wildman–Crippen MR) is 166 cm³/mol. The zero-order valence-electron chi connectivity index (χ0n) is 24.4. The van der Waals surface area contributed by atoms with Crippen molar-refractivity contribution in [3.8, 4) is 0 Å². The van der Waals surface area contributed by atoms with E-state index < -0.39 is 52.3 Å². The molecule has 3 aliphatic rings. The molecule has 2 fully saturated rings. The van der Waals surface area contributed by atoms with E-state index in [9.17, 15) is 24.8 Å². The Kier molecular flexibility index (Phi) is 8.34. The average molecular weight is 658 g/mol. The number of likely N-dealkylation sites (tertiary alicyclic amines) is 1. The van der Waals surface area contributed by atoms with Gasteiger partial charge >= 0.3 is 5.97 Å². The molecule has 1 aliphatic carbocycles. The van der Waals surface area contributed by atoms with E-state index in [1.807, 2.05) is 4.90 Å². The van der Waals surface area contributed by atoms with Gasteiger partial charge in [0, 0.05) is 53.0 Å². The van der Waals surface area contributed by atoms with Crippen LogP contribution < -0.4 is 10.6 Å². The number of amides is 1. The number of nitrogens with one attached hydrogen (secondary N) is 2. The average Bonchev–Trinajstić information content (AvgIpc) is 3.72. The van der Waals surface area contributed by atoms with Crippen LogP contribution in [-0.4, -0.2) is 58.6 Å². The van der Waals surface area contributed by atoms with E-state index in [0.717, 1.165) is 18.9 Å². The molecule has 2 aliphatic heterocycles. The van der Waals surface area contributed by atoms with Gasteiger partial charge in [0.25, 0.3) is 5.69 Å². The second-order valence-corrected chi connectivity index (χ2v) is 12.7. The molecule has 1 spiro atoms. The number of aliphatic hydroxyl groups excluding tert-OH is 1. The van der Waals surface area contributed by atoms with E-state index in [1.165, 1.54) is 25.3 Å². The molecular formula is C32H31Cl2FN4O6. The number of nitrogens with zero attached hydrogens (tertiary/aromatic N) is 2. The first-order valence-electron chi connectivity index (χ1n) is 14.6. The molecule has 2 heterocycles. The molecule has 1 saturated heterocycles. The molecule has 0 bridgehead atoms. The van der Waals surface area contributed by atoms with Crippen molar-refractivity contribution in [2.75, 3.05) is 19.0 Å². The molecule has 3 N–H and O–H groups in total. The Bertz CT molecular complexity index is 1700. The molecule has 5 atom stereocenters. The van der Waals surface area contributed by atoms with Crippen LogP contribution in [0, 0.1) is 21.8 Å². The Morgan fingerprint density at radius 1 is 1.24 bits per heavy atom. The Morgan fingerprint density at radius 3 is 2.67 bits per heavy atom. The lowest BCUT2D eigenvalue weighted by Crippen LogP contribution is -2.55. The van der Waals surface area contributed by atoms with Crippen molar-refractivity contribution in [1.29, 1.82) is 0 Å². The zero-order chi connectivity index (χ0) is 32.2. The third kappa shape index (κ3) is 5.26. The summed E-state index contributed by atoms with van der Waals surface area (Å²) in [6.07, 6.45) is 0.883. The Hall–Kier alpha value is -3.61. The van der Waals surface area contributed by atoms with Crippen molar-refractivity contribution < 1.29 is 28.7 Å². The summed E-state index contributed by atoms with van der Waals surface area (Å²) in [7, 11) is 1.18. The standard InChI is InChI=1S/C32H31Cl2FN4O6/c1-16(40)29-28(36-14-19-9-8-18(30(41)45-2)12-25(19)39(43)44)26(21-4-3-5-23(34)27(21)35)32(38(29)15-17-6-7-17)22-11-10-20(33)13-24(22)37-31(32)42/h3-5,8-13,16-17,26,28-29,36,40H,6-7,14-15H2,1-2H3,(H,37,42)/t16-,26+,28-,29?,32-/m0/s1. The molecule has 0 aromatic heterocycles. The number of ether oxygens (including phenoxy) is 1. The third-order valence-corrected chi connectivity index (χ3v) is 9.70.